The third kappa shape index (κ3) is 3.29. The van der Waals surface area contributed by atoms with E-state index in [2.05, 4.69) is 0 Å². The zero-order chi connectivity index (χ0) is 20.5. The van der Waals surface area contributed by atoms with Crippen LogP contribution in [0.4, 0.5) is 10.5 Å². The van der Waals surface area contributed by atoms with Gasteiger partial charge in [-0.3, -0.25) is 14.4 Å². The summed E-state index contributed by atoms with van der Waals surface area (Å²) >= 11 is 0. The van der Waals surface area contributed by atoms with Crippen molar-refractivity contribution in [2.75, 3.05) is 18.0 Å². The largest absolute Gasteiger partial charge is 0.335 e. The van der Waals surface area contributed by atoms with Crippen molar-refractivity contribution in [1.29, 1.82) is 0 Å². The molecule has 0 N–H and O–H groups in total. The maximum Gasteiger partial charge on any atom is 0.335 e. The number of benzene rings is 2. The number of fused-ring (bicyclic) bond motifs is 1. The van der Waals surface area contributed by atoms with Crippen molar-refractivity contribution in [2.45, 2.75) is 25.8 Å². The Morgan fingerprint density at radius 1 is 0.966 bits per heavy atom. The molecule has 0 bridgehead atoms. The van der Waals surface area contributed by atoms with E-state index in [-0.39, 0.29) is 5.91 Å². The number of carbonyl (C=O) groups is 4. The van der Waals surface area contributed by atoms with Gasteiger partial charge in [0.25, 0.3) is 0 Å². The molecule has 5 amide bonds. The van der Waals surface area contributed by atoms with Crippen LogP contribution in [-0.2, 0) is 20.8 Å². The van der Waals surface area contributed by atoms with Crippen LogP contribution in [0, 0.1) is 0 Å². The molecule has 2 aromatic carbocycles. The van der Waals surface area contributed by atoms with Crippen LogP contribution >= 0.6 is 0 Å². The highest BCUT2D eigenvalue weighted by atomic mass is 16.2. The van der Waals surface area contributed by atoms with Gasteiger partial charge < -0.3 is 4.90 Å². The van der Waals surface area contributed by atoms with Crippen LogP contribution in [0.1, 0.15) is 30.5 Å². The summed E-state index contributed by atoms with van der Waals surface area (Å²) in [5.74, 6) is -2.24. The van der Waals surface area contributed by atoms with Crippen molar-refractivity contribution in [1.82, 2.24) is 9.80 Å². The number of imide groups is 2. The summed E-state index contributed by atoms with van der Waals surface area (Å²) in [4.78, 5) is 54.0. The average Bonchev–Trinajstić information content (AvgIpc) is 2.96. The van der Waals surface area contributed by atoms with E-state index in [4.69, 9.17) is 0 Å². The van der Waals surface area contributed by atoms with Gasteiger partial charge in [0.2, 0.25) is 5.91 Å². The summed E-state index contributed by atoms with van der Waals surface area (Å²) in [6.45, 7) is 1.75. The highest BCUT2D eigenvalue weighted by molar-refractivity contribution is 6.45. The van der Waals surface area contributed by atoms with E-state index in [1.54, 1.807) is 36.1 Å². The highest BCUT2D eigenvalue weighted by Crippen LogP contribution is 2.29. The fourth-order valence-corrected chi connectivity index (χ4v) is 3.90. The maximum atomic E-state index is 12.9. The minimum Gasteiger partial charge on any atom is -0.311 e. The van der Waals surface area contributed by atoms with Crippen molar-refractivity contribution < 1.29 is 19.2 Å². The Bertz CT molecular complexity index is 989. The molecule has 2 aromatic rings. The predicted molar refractivity (Wildman–Crippen MR) is 106 cm³/mol. The monoisotopic (exact) mass is 391 g/mol. The summed E-state index contributed by atoms with van der Waals surface area (Å²) in [5, 5.41) is 0. The number of urea groups is 1. The van der Waals surface area contributed by atoms with Crippen molar-refractivity contribution in [3.05, 3.63) is 65.7 Å². The maximum absolute atomic E-state index is 12.9. The van der Waals surface area contributed by atoms with Crippen LogP contribution in [0.25, 0.3) is 0 Å². The summed E-state index contributed by atoms with van der Waals surface area (Å²) in [6, 6.07) is 15.2. The third-order valence-corrected chi connectivity index (χ3v) is 5.46. The zero-order valence-corrected chi connectivity index (χ0v) is 16.1. The average molecular weight is 391 g/mol. The lowest BCUT2D eigenvalue weighted by Crippen LogP contribution is -2.45. The molecule has 2 aliphatic rings. The Hall–Kier alpha value is -3.48. The first-order valence-electron chi connectivity index (χ1n) is 9.61. The second kappa shape index (κ2) is 7.50. The standard InChI is InChI=1S/C22H21N3O4/c1-15(16-8-3-2-4-9-16)25-21(28)20(27)24(22(25)29)14-19(26)23-13-7-11-17-10-5-6-12-18(17)23/h2-6,8-10,12,15H,7,11,13-14H2,1H3. The number of aryl methyl sites for hydroxylation is 1. The molecule has 2 aliphatic heterocycles. The van der Waals surface area contributed by atoms with Crippen molar-refractivity contribution in [3.8, 4) is 0 Å². The van der Waals surface area contributed by atoms with Gasteiger partial charge in [0.15, 0.2) is 0 Å². The molecule has 7 heteroatoms. The summed E-state index contributed by atoms with van der Waals surface area (Å²) in [7, 11) is 0. The molecular formula is C22H21N3O4. The molecule has 0 saturated carbocycles. The van der Waals surface area contributed by atoms with Crippen LogP contribution in [0.3, 0.4) is 0 Å². The number of hydrogen-bond donors (Lipinski definition) is 0. The van der Waals surface area contributed by atoms with Crippen LogP contribution < -0.4 is 4.90 Å². The van der Waals surface area contributed by atoms with E-state index in [0.717, 1.165) is 39.5 Å². The normalized spacial score (nSPS) is 17.6. The van der Waals surface area contributed by atoms with Crippen molar-refractivity contribution in [3.63, 3.8) is 0 Å². The minimum atomic E-state index is -0.962. The molecule has 0 radical (unpaired) electrons. The van der Waals surface area contributed by atoms with E-state index in [1.807, 2.05) is 30.3 Å². The Labute approximate surface area is 168 Å². The Balaban J connectivity index is 1.54. The Kier molecular flexibility index (Phi) is 4.88. The lowest BCUT2D eigenvalue weighted by atomic mass is 10.0. The summed E-state index contributed by atoms with van der Waals surface area (Å²) in [6.07, 6.45) is 1.68. The Morgan fingerprint density at radius 2 is 1.66 bits per heavy atom. The van der Waals surface area contributed by atoms with Gasteiger partial charge >= 0.3 is 17.8 Å². The van der Waals surface area contributed by atoms with Crippen LogP contribution in [-0.4, -0.2) is 46.6 Å². The first kappa shape index (κ1) is 18.9. The van der Waals surface area contributed by atoms with E-state index in [1.165, 1.54) is 0 Å². The van der Waals surface area contributed by atoms with Crippen molar-refractivity contribution in [2.24, 2.45) is 0 Å². The van der Waals surface area contributed by atoms with E-state index >= 15 is 0 Å². The smallest absolute Gasteiger partial charge is 0.311 e. The van der Waals surface area contributed by atoms with Crippen LogP contribution in [0.2, 0.25) is 0 Å². The highest BCUT2D eigenvalue weighted by Gasteiger charge is 2.48. The molecule has 7 nitrogen and oxygen atoms in total. The third-order valence-electron chi connectivity index (χ3n) is 5.46. The number of rotatable bonds is 4. The topological polar surface area (TPSA) is 78.0 Å². The van der Waals surface area contributed by atoms with Gasteiger partial charge in [-0.25, -0.2) is 14.6 Å². The molecule has 0 spiro atoms. The van der Waals surface area contributed by atoms with Gasteiger partial charge in [-0.2, -0.15) is 0 Å². The van der Waals surface area contributed by atoms with E-state index in [0.29, 0.717) is 6.54 Å². The molecular weight excluding hydrogens is 370 g/mol. The number of hydrogen-bond acceptors (Lipinski definition) is 4. The lowest BCUT2D eigenvalue weighted by molar-refractivity contribution is -0.144. The molecule has 0 aliphatic carbocycles. The second-order valence-electron chi connectivity index (χ2n) is 7.21. The number of amides is 5. The van der Waals surface area contributed by atoms with Gasteiger partial charge in [0.05, 0.1) is 6.04 Å². The molecule has 2 heterocycles. The molecule has 29 heavy (non-hydrogen) atoms. The van der Waals surface area contributed by atoms with Crippen LogP contribution in [0.5, 0.6) is 0 Å². The summed E-state index contributed by atoms with van der Waals surface area (Å²) in [5.41, 5.74) is 2.59. The SMILES string of the molecule is CC(c1ccccc1)N1C(=O)C(=O)N(CC(=O)N2CCCc3ccccc32)C1=O. The zero-order valence-electron chi connectivity index (χ0n) is 16.1. The van der Waals surface area contributed by atoms with Gasteiger partial charge in [-0.05, 0) is 37.0 Å². The number of para-hydroxylation sites is 1. The minimum absolute atomic E-state index is 0.374. The fraction of sp³-hybridized carbons (Fsp3) is 0.273. The fourth-order valence-electron chi connectivity index (χ4n) is 3.90. The number of carbonyl (C=O) groups excluding carboxylic acids is 4. The van der Waals surface area contributed by atoms with Crippen molar-refractivity contribution >= 4 is 29.4 Å². The van der Waals surface area contributed by atoms with E-state index in [9.17, 15) is 19.2 Å². The first-order valence-corrected chi connectivity index (χ1v) is 9.61. The van der Waals surface area contributed by atoms with Crippen LogP contribution in [0.15, 0.2) is 54.6 Å². The lowest BCUT2D eigenvalue weighted by Gasteiger charge is -2.30. The number of nitrogens with zero attached hydrogens (tertiary/aromatic N) is 3. The molecule has 148 valence electrons. The van der Waals surface area contributed by atoms with Gasteiger partial charge in [0, 0.05) is 12.2 Å². The molecule has 4 rings (SSSR count). The molecule has 1 unspecified atom stereocenters. The molecule has 1 saturated heterocycles. The molecule has 1 atom stereocenters. The second-order valence-corrected chi connectivity index (χ2v) is 7.21. The van der Waals surface area contributed by atoms with Gasteiger partial charge in [0.1, 0.15) is 6.54 Å². The molecule has 0 aromatic heterocycles. The van der Waals surface area contributed by atoms with Gasteiger partial charge in [-0.1, -0.05) is 48.5 Å². The predicted octanol–water partition coefficient (Wildman–Crippen LogP) is 2.52. The summed E-state index contributed by atoms with van der Waals surface area (Å²) < 4.78 is 0. The van der Waals surface area contributed by atoms with E-state index < -0.39 is 30.4 Å². The molecule has 1 fully saturated rings. The quantitative estimate of drug-likeness (QED) is 0.593. The number of anilines is 1. The first-order chi connectivity index (χ1) is 14.0. The Morgan fingerprint density at radius 3 is 2.41 bits per heavy atom. The van der Waals surface area contributed by atoms with Gasteiger partial charge in [-0.15, -0.1) is 0 Å².